The molecule has 1 aromatic carbocycles. The van der Waals surface area contributed by atoms with Crippen molar-refractivity contribution < 1.29 is 18.3 Å². The van der Waals surface area contributed by atoms with Crippen molar-refractivity contribution in [1.29, 1.82) is 5.26 Å². The zero-order valence-corrected chi connectivity index (χ0v) is 18.9. The van der Waals surface area contributed by atoms with E-state index >= 15 is 4.39 Å². The van der Waals surface area contributed by atoms with Gasteiger partial charge >= 0.3 is 6.01 Å². The first-order valence-electron chi connectivity index (χ1n) is 10.7. The zero-order chi connectivity index (χ0) is 23.6. The lowest BCUT2D eigenvalue weighted by atomic mass is 9.94. The Hall–Kier alpha value is -3.46. The van der Waals surface area contributed by atoms with Crippen LogP contribution in [0.2, 0.25) is 0 Å². The fraction of sp³-hybridized carbons (Fsp3) is 0.304. The number of nitrogen functional groups attached to an aromatic ring is 1. The van der Waals surface area contributed by atoms with Crippen molar-refractivity contribution in [3.63, 3.8) is 0 Å². The molecule has 8 nitrogen and oxygen atoms in total. The Morgan fingerprint density at radius 1 is 1.29 bits per heavy atom. The maximum Gasteiger partial charge on any atom is 0.317 e. The number of pyridine rings is 1. The second kappa shape index (κ2) is 7.80. The summed E-state index contributed by atoms with van der Waals surface area (Å²) < 4.78 is 42.2. The van der Waals surface area contributed by atoms with Crippen LogP contribution in [0.25, 0.3) is 32.2 Å². The molecule has 172 valence electrons. The van der Waals surface area contributed by atoms with Gasteiger partial charge < -0.3 is 15.2 Å². The highest BCUT2D eigenvalue weighted by Gasteiger charge is 2.30. The molecule has 0 amide bonds. The van der Waals surface area contributed by atoms with Crippen LogP contribution >= 0.6 is 11.3 Å². The van der Waals surface area contributed by atoms with Gasteiger partial charge in [-0.15, -0.1) is 11.3 Å². The fourth-order valence-corrected chi connectivity index (χ4v) is 5.47. The molecule has 2 aliphatic rings. The third-order valence-corrected chi connectivity index (χ3v) is 7.59. The van der Waals surface area contributed by atoms with Gasteiger partial charge in [-0.2, -0.15) is 10.2 Å². The van der Waals surface area contributed by atoms with Gasteiger partial charge in [-0.25, -0.2) is 13.8 Å². The SMILES string of the molecule is CN1CC[C@H]1COc1ncc2c3c(c(-c4ncc(F)c5sc(N)c(C#N)c45)c(F)c2n1)COC3. The predicted molar refractivity (Wildman–Crippen MR) is 122 cm³/mol. The number of nitrogens with zero attached hydrogens (tertiary/aromatic N) is 5. The van der Waals surface area contributed by atoms with Crippen LogP contribution in [0.5, 0.6) is 6.01 Å². The summed E-state index contributed by atoms with van der Waals surface area (Å²) in [6, 6.07) is 2.36. The maximum absolute atomic E-state index is 16.1. The first-order valence-corrected chi connectivity index (χ1v) is 11.5. The Bertz CT molecular complexity index is 1530. The number of benzene rings is 1. The molecule has 6 rings (SSSR count). The van der Waals surface area contributed by atoms with Gasteiger partial charge in [0.25, 0.3) is 0 Å². The standard InChI is InChI=1S/C23H18F2N6O2S/c1-31-3-2-10(31)7-33-23-29-5-12-13-8-32-9-14(13)16(18(25)19(12)30-23)20-17-11(4-26)22(27)34-21(17)15(24)6-28-20/h5-6,10H,2-3,7-9,27H2,1H3/t10-/m0/s1. The van der Waals surface area contributed by atoms with E-state index in [9.17, 15) is 9.65 Å². The van der Waals surface area contributed by atoms with E-state index in [-0.39, 0.29) is 62.7 Å². The monoisotopic (exact) mass is 480 g/mol. The number of likely N-dealkylation sites (N-methyl/N-ethyl adjacent to an activating group) is 1. The highest BCUT2D eigenvalue weighted by atomic mass is 32.1. The van der Waals surface area contributed by atoms with E-state index in [2.05, 4.69) is 19.9 Å². The van der Waals surface area contributed by atoms with Gasteiger partial charge in [-0.3, -0.25) is 9.88 Å². The Morgan fingerprint density at radius 3 is 2.85 bits per heavy atom. The van der Waals surface area contributed by atoms with E-state index in [1.807, 2.05) is 13.1 Å². The van der Waals surface area contributed by atoms with Crippen LogP contribution < -0.4 is 10.5 Å². The van der Waals surface area contributed by atoms with Crippen molar-refractivity contribution in [3.05, 3.63) is 40.7 Å². The van der Waals surface area contributed by atoms with Gasteiger partial charge in [0.05, 0.1) is 35.4 Å². The van der Waals surface area contributed by atoms with Crippen LogP contribution in [-0.4, -0.2) is 46.1 Å². The van der Waals surface area contributed by atoms with Crippen LogP contribution in [0.4, 0.5) is 13.8 Å². The van der Waals surface area contributed by atoms with Gasteiger partial charge in [-0.1, -0.05) is 0 Å². The topological polar surface area (TPSA) is 110 Å². The van der Waals surface area contributed by atoms with Gasteiger partial charge in [-0.05, 0) is 31.1 Å². The molecular weight excluding hydrogens is 462 g/mol. The van der Waals surface area contributed by atoms with Crippen LogP contribution in [0, 0.1) is 23.0 Å². The van der Waals surface area contributed by atoms with Crippen LogP contribution in [0.15, 0.2) is 12.4 Å². The summed E-state index contributed by atoms with van der Waals surface area (Å²) in [5.74, 6) is -1.27. The van der Waals surface area contributed by atoms with Crippen LogP contribution in [-0.2, 0) is 18.0 Å². The number of ether oxygens (including phenoxy) is 2. The molecule has 0 unspecified atom stereocenters. The first kappa shape index (κ1) is 21.1. The normalized spacial score (nSPS) is 17.6. The zero-order valence-electron chi connectivity index (χ0n) is 18.1. The lowest BCUT2D eigenvalue weighted by Crippen LogP contribution is -2.48. The number of likely N-dealkylation sites (tertiary alicyclic amines) is 1. The number of hydrogen-bond donors (Lipinski definition) is 1. The van der Waals surface area contributed by atoms with Crippen LogP contribution in [0.3, 0.4) is 0 Å². The number of aromatic nitrogens is 3. The number of thiophene rings is 1. The molecule has 0 spiro atoms. The van der Waals surface area contributed by atoms with Crippen molar-refractivity contribution in [2.75, 3.05) is 25.9 Å². The maximum atomic E-state index is 16.1. The molecule has 1 fully saturated rings. The molecule has 4 aromatic rings. The molecule has 0 radical (unpaired) electrons. The number of halogens is 2. The number of anilines is 1. The van der Waals surface area contributed by atoms with Gasteiger partial charge in [0.15, 0.2) is 11.6 Å². The third kappa shape index (κ3) is 3.03. The largest absolute Gasteiger partial charge is 0.462 e. The third-order valence-electron chi connectivity index (χ3n) is 6.57. The average molecular weight is 481 g/mol. The number of rotatable bonds is 4. The summed E-state index contributed by atoms with van der Waals surface area (Å²) in [6.45, 7) is 1.81. The molecule has 2 N–H and O–H groups in total. The second-order valence-corrected chi connectivity index (χ2v) is 9.45. The average Bonchev–Trinajstić information content (AvgIpc) is 3.44. The molecule has 34 heavy (non-hydrogen) atoms. The Labute approximate surface area is 196 Å². The number of hydrogen-bond acceptors (Lipinski definition) is 9. The number of nitriles is 1. The van der Waals surface area contributed by atoms with Gasteiger partial charge in [0.2, 0.25) is 0 Å². The summed E-state index contributed by atoms with van der Waals surface area (Å²) in [6.07, 6.45) is 3.58. The molecule has 0 saturated carbocycles. The summed E-state index contributed by atoms with van der Waals surface area (Å²) in [5.41, 5.74) is 7.68. The van der Waals surface area contributed by atoms with E-state index in [0.29, 0.717) is 17.6 Å². The Kier molecular flexibility index (Phi) is 4.84. The minimum Gasteiger partial charge on any atom is -0.462 e. The number of nitrogens with two attached hydrogens (primary N) is 1. The van der Waals surface area contributed by atoms with Crippen molar-refractivity contribution in [2.45, 2.75) is 25.7 Å². The molecular formula is C23H18F2N6O2S. The lowest BCUT2D eigenvalue weighted by Gasteiger charge is -2.37. The molecule has 2 aliphatic heterocycles. The smallest absolute Gasteiger partial charge is 0.317 e. The van der Waals surface area contributed by atoms with Crippen molar-refractivity contribution in [2.24, 2.45) is 0 Å². The summed E-state index contributed by atoms with van der Waals surface area (Å²) in [7, 11) is 2.01. The molecule has 0 bridgehead atoms. The highest BCUT2D eigenvalue weighted by Crippen LogP contribution is 2.44. The quantitative estimate of drug-likeness (QED) is 0.470. The Balaban J connectivity index is 1.56. The fourth-order valence-electron chi connectivity index (χ4n) is 4.55. The molecule has 0 aliphatic carbocycles. The molecule has 11 heteroatoms. The minimum absolute atomic E-state index is 0.0622. The Morgan fingerprint density at radius 2 is 2.12 bits per heavy atom. The van der Waals surface area contributed by atoms with Crippen LogP contribution in [0.1, 0.15) is 23.1 Å². The molecule has 1 atom stereocenters. The van der Waals surface area contributed by atoms with Crippen molar-refractivity contribution in [3.8, 4) is 23.3 Å². The van der Waals surface area contributed by atoms with E-state index in [0.717, 1.165) is 36.1 Å². The predicted octanol–water partition coefficient (Wildman–Crippen LogP) is 3.75. The van der Waals surface area contributed by atoms with E-state index in [4.69, 9.17) is 15.2 Å². The van der Waals surface area contributed by atoms with E-state index in [1.165, 1.54) is 0 Å². The van der Waals surface area contributed by atoms with E-state index < -0.39 is 11.6 Å². The first-order chi connectivity index (χ1) is 16.5. The minimum atomic E-state index is -0.652. The lowest BCUT2D eigenvalue weighted by molar-refractivity contribution is 0.0732. The van der Waals surface area contributed by atoms with Crippen molar-refractivity contribution in [1.82, 2.24) is 19.9 Å². The second-order valence-electron chi connectivity index (χ2n) is 8.40. The van der Waals surface area contributed by atoms with Crippen molar-refractivity contribution >= 4 is 37.3 Å². The van der Waals surface area contributed by atoms with Gasteiger partial charge in [0.1, 0.15) is 23.2 Å². The summed E-state index contributed by atoms with van der Waals surface area (Å²) in [4.78, 5) is 15.0. The molecule has 1 saturated heterocycles. The summed E-state index contributed by atoms with van der Waals surface area (Å²) in [5, 5.41) is 10.5. The molecule has 3 aromatic heterocycles. The highest BCUT2D eigenvalue weighted by molar-refractivity contribution is 7.23. The number of fused-ring (bicyclic) bond motifs is 4. The van der Waals surface area contributed by atoms with E-state index in [1.54, 1.807) is 6.20 Å². The summed E-state index contributed by atoms with van der Waals surface area (Å²) >= 11 is 0.938. The molecule has 5 heterocycles. The van der Waals surface area contributed by atoms with Gasteiger partial charge in [0, 0.05) is 28.6 Å².